The Morgan fingerprint density at radius 2 is 1.66 bits per heavy atom. The first-order valence-electron chi connectivity index (χ1n) is 16.4. The Hall–Kier alpha value is -3.61. The van der Waals surface area contributed by atoms with Crippen LogP contribution in [0.25, 0.3) is 10.9 Å². The van der Waals surface area contributed by atoms with E-state index in [2.05, 4.69) is 37.9 Å². The van der Waals surface area contributed by atoms with Gasteiger partial charge in [-0.1, -0.05) is 39.0 Å². The predicted octanol–water partition coefficient (Wildman–Crippen LogP) is 4.48. The van der Waals surface area contributed by atoms with Crippen LogP contribution in [0.5, 0.6) is 5.75 Å². The number of carbonyl (C=O) groups excluding carboxylic acids is 2. The normalized spacial score (nSPS) is 17.5. The van der Waals surface area contributed by atoms with Crippen LogP contribution in [-0.2, 0) is 33.8 Å². The van der Waals surface area contributed by atoms with E-state index in [0.717, 1.165) is 86.8 Å². The Balaban J connectivity index is 1.36. The van der Waals surface area contributed by atoms with E-state index >= 15 is 0 Å². The maximum atomic E-state index is 13.8. The molecule has 3 heterocycles. The SMILES string of the molecule is COc1c(NC(=O)c2cc3cccc(CN4CCCN(C(=O)C5CCN(C)CC5)CC4)c3n2C)cc(C(C)(C)C)cc1NS(C)(=O)=O. The molecule has 2 amide bonds. The molecule has 0 aliphatic carbocycles. The number of hydrogen-bond acceptors (Lipinski definition) is 7. The minimum absolute atomic E-state index is 0.137. The van der Waals surface area contributed by atoms with Crippen LogP contribution < -0.4 is 14.8 Å². The number of benzene rings is 2. The van der Waals surface area contributed by atoms with Gasteiger partial charge in [-0.05, 0) is 74.1 Å². The van der Waals surface area contributed by atoms with Crippen molar-refractivity contribution in [3.63, 3.8) is 0 Å². The highest BCUT2D eigenvalue weighted by molar-refractivity contribution is 7.92. The van der Waals surface area contributed by atoms with Gasteiger partial charge in [0.05, 0.1) is 30.3 Å². The smallest absolute Gasteiger partial charge is 0.272 e. The van der Waals surface area contributed by atoms with Crippen molar-refractivity contribution in [2.45, 2.75) is 52.0 Å². The topological polar surface area (TPSA) is 116 Å². The number of ether oxygens (including phenoxy) is 1. The Kier molecular flexibility index (Phi) is 10.2. The van der Waals surface area contributed by atoms with Gasteiger partial charge in [-0.25, -0.2) is 8.42 Å². The molecule has 1 aromatic heterocycles. The van der Waals surface area contributed by atoms with Crippen molar-refractivity contribution in [1.29, 1.82) is 0 Å². The number of aromatic nitrogens is 1. The fourth-order valence-electron chi connectivity index (χ4n) is 6.79. The minimum atomic E-state index is -3.60. The number of likely N-dealkylation sites (tertiary alicyclic amines) is 1. The molecule has 2 N–H and O–H groups in total. The van der Waals surface area contributed by atoms with E-state index in [0.29, 0.717) is 23.8 Å². The number of nitrogens with one attached hydrogen (secondary N) is 2. The number of rotatable bonds is 8. The van der Waals surface area contributed by atoms with Crippen LogP contribution in [0.4, 0.5) is 11.4 Å². The van der Waals surface area contributed by atoms with Gasteiger partial charge < -0.3 is 24.4 Å². The van der Waals surface area contributed by atoms with Crippen molar-refractivity contribution in [2.75, 3.05) is 69.7 Å². The van der Waals surface area contributed by atoms with Gasteiger partial charge in [-0.15, -0.1) is 0 Å². The van der Waals surface area contributed by atoms with Gasteiger partial charge in [0.15, 0.2) is 5.75 Å². The molecule has 12 heteroatoms. The lowest BCUT2D eigenvalue weighted by Gasteiger charge is -2.32. The molecule has 0 atom stereocenters. The number of nitrogens with zero attached hydrogens (tertiary/aromatic N) is 4. The van der Waals surface area contributed by atoms with Crippen molar-refractivity contribution in [3.8, 4) is 5.75 Å². The first-order valence-corrected chi connectivity index (χ1v) is 18.3. The summed E-state index contributed by atoms with van der Waals surface area (Å²) in [6.07, 6.45) is 3.89. The van der Waals surface area contributed by atoms with E-state index < -0.39 is 10.0 Å². The number of methoxy groups -OCH3 is 1. The van der Waals surface area contributed by atoms with E-state index in [4.69, 9.17) is 4.74 Å². The molecule has 2 aliphatic rings. The van der Waals surface area contributed by atoms with Gasteiger partial charge in [-0.3, -0.25) is 19.2 Å². The summed E-state index contributed by atoms with van der Waals surface area (Å²) < 4.78 is 34.4. The lowest BCUT2D eigenvalue weighted by atomic mass is 9.86. The molecule has 2 aromatic carbocycles. The van der Waals surface area contributed by atoms with Crippen molar-refractivity contribution in [2.24, 2.45) is 13.0 Å². The molecular weight excluding hydrogens is 616 g/mol. The van der Waals surface area contributed by atoms with Crippen molar-refractivity contribution in [1.82, 2.24) is 19.3 Å². The second kappa shape index (κ2) is 13.9. The summed E-state index contributed by atoms with van der Waals surface area (Å²) in [4.78, 5) is 33.9. The zero-order chi connectivity index (χ0) is 34.1. The quantitative estimate of drug-likeness (QED) is 0.364. The molecule has 256 valence electrons. The average Bonchev–Trinajstić information content (AvgIpc) is 3.17. The van der Waals surface area contributed by atoms with Gasteiger partial charge in [0.25, 0.3) is 5.91 Å². The molecule has 47 heavy (non-hydrogen) atoms. The second-order valence-corrected chi connectivity index (χ2v) is 15.9. The van der Waals surface area contributed by atoms with Crippen LogP contribution in [-0.4, -0.2) is 99.2 Å². The lowest BCUT2D eigenvalue weighted by Crippen LogP contribution is -2.43. The first kappa shape index (κ1) is 34.7. The molecule has 0 radical (unpaired) electrons. The number of amides is 2. The van der Waals surface area contributed by atoms with Crippen molar-refractivity contribution < 1.29 is 22.7 Å². The van der Waals surface area contributed by atoms with E-state index in [9.17, 15) is 18.0 Å². The number of anilines is 2. The number of aryl methyl sites for hydroxylation is 1. The summed E-state index contributed by atoms with van der Waals surface area (Å²) in [5.41, 5.74) is 3.73. The molecule has 11 nitrogen and oxygen atoms in total. The molecule has 5 rings (SSSR count). The van der Waals surface area contributed by atoms with Gasteiger partial charge in [0.1, 0.15) is 5.69 Å². The third kappa shape index (κ3) is 8.10. The van der Waals surface area contributed by atoms with Crippen LogP contribution in [0.2, 0.25) is 0 Å². The second-order valence-electron chi connectivity index (χ2n) is 14.2. The summed E-state index contributed by atoms with van der Waals surface area (Å²) in [6.45, 7) is 12.0. The van der Waals surface area contributed by atoms with E-state index in [1.54, 1.807) is 6.07 Å². The van der Waals surface area contributed by atoms with Gasteiger partial charge >= 0.3 is 0 Å². The molecule has 0 saturated carbocycles. The molecular formula is C35H50N6O5S. The third-order valence-electron chi connectivity index (χ3n) is 9.44. The van der Waals surface area contributed by atoms with Crippen LogP contribution in [0.3, 0.4) is 0 Å². The number of piperidine rings is 1. The number of hydrogen-bond donors (Lipinski definition) is 2. The predicted molar refractivity (Wildman–Crippen MR) is 188 cm³/mol. The van der Waals surface area contributed by atoms with Crippen LogP contribution in [0, 0.1) is 5.92 Å². The Morgan fingerprint density at radius 3 is 2.32 bits per heavy atom. The maximum Gasteiger partial charge on any atom is 0.272 e. The lowest BCUT2D eigenvalue weighted by molar-refractivity contribution is -0.136. The maximum absolute atomic E-state index is 13.8. The highest BCUT2D eigenvalue weighted by Crippen LogP contribution is 2.39. The number of carbonyl (C=O) groups is 2. The Bertz CT molecular complexity index is 1740. The molecule has 2 aliphatic heterocycles. The fraction of sp³-hybridized carbons (Fsp3) is 0.543. The number of sulfonamides is 1. The minimum Gasteiger partial charge on any atom is -0.492 e. The summed E-state index contributed by atoms with van der Waals surface area (Å²) in [7, 11) is 1.86. The Labute approximate surface area is 279 Å². The average molecular weight is 667 g/mol. The standard InChI is InChI=1S/C35H50N6O5S/c1-35(2,3)27-21-28(32(46-6)29(22-27)37-47(7,44)45)36-33(42)30-20-25-10-8-11-26(31(25)39(30)5)23-40-14-9-15-41(19-18-40)34(43)24-12-16-38(4)17-13-24/h8,10-11,20-22,24,37H,9,12-19,23H2,1-7H3,(H,36,42). The summed E-state index contributed by atoms with van der Waals surface area (Å²) in [5, 5.41) is 3.96. The number of fused-ring (bicyclic) bond motifs is 1. The molecule has 0 unspecified atom stereocenters. The first-order chi connectivity index (χ1) is 22.1. The van der Waals surface area contributed by atoms with E-state index in [1.807, 2.05) is 56.7 Å². The monoisotopic (exact) mass is 666 g/mol. The van der Waals surface area contributed by atoms with E-state index in [1.165, 1.54) is 7.11 Å². The summed E-state index contributed by atoms with van der Waals surface area (Å²) in [6, 6.07) is 11.6. The Morgan fingerprint density at radius 1 is 0.957 bits per heavy atom. The highest BCUT2D eigenvalue weighted by atomic mass is 32.2. The molecule has 3 aromatic rings. The fourth-order valence-corrected chi connectivity index (χ4v) is 7.34. The molecule has 0 bridgehead atoms. The van der Waals surface area contributed by atoms with Crippen LogP contribution in [0.1, 0.15) is 61.6 Å². The van der Waals surface area contributed by atoms with Gasteiger partial charge in [0, 0.05) is 51.1 Å². The zero-order valence-corrected chi connectivity index (χ0v) is 29.7. The summed E-state index contributed by atoms with van der Waals surface area (Å²) in [5.74, 6) is 0.352. The van der Waals surface area contributed by atoms with Crippen LogP contribution in [0.15, 0.2) is 36.4 Å². The van der Waals surface area contributed by atoms with Crippen LogP contribution >= 0.6 is 0 Å². The molecule has 0 spiro atoms. The number of para-hydroxylation sites is 1. The summed E-state index contributed by atoms with van der Waals surface area (Å²) >= 11 is 0. The van der Waals surface area contributed by atoms with Gasteiger partial charge in [0.2, 0.25) is 15.9 Å². The van der Waals surface area contributed by atoms with E-state index in [-0.39, 0.29) is 28.7 Å². The molecule has 2 saturated heterocycles. The van der Waals surface area contributed by atoms with Crippen molar-refractivity contribution in [3.05, 3.63) is 53.2 Å². The van der Waals surface area contributed by atoms with Crippen molar-refractivity contribution >= 4 is 44.1 Å². The van der Waals surface area contributed by atoms with Gasteiger partial charge in [-0.2, -0.15) is 0 Å². The third-order valence-corrected chi connectivity index (χ3v) is 10.0. The largest absolute Gasteiger partial charge is 0.492 e. The highest BCUT2D eigenvalue weighted by Gasteiger charge is 2.29. The zero-order valence-electron chi connectivity index (χ0n) is 28.9. The molecule has 2 fully saturated rings.